The van der Waals surface area contributed by atoms with Crippen molar-refractivity contribution in [1.82, 2.24) is 0 Å². The Bertz CT molecular complexity index is 517. The van der Waals surface area contributed by atoms with Gasteiger partial charge in [-0.05, 0) is 28.7 Å². The first-order valence-corrected chi connectivity index (χ1v) is 5.36. The number of fused-ring (bicyclic) bond motifs is 1. The Morgan fingerprint density at radius 1 is 1.18 bits per heavy atom. The molecule has 2 nitrogen and oxygen atoms in total. The number of hydrogen-bond acceptors (Lipinski definition) is 2. The fourth-order valence-corrected chi connectivity index (χ4v) is 1.88. The second-order valence-corrected chi connectivity index (χ2v) is 4.06. The van der Waals surface area contributed by atoms with Crippen LogP contribution in [-0.4, -0.2) is 5.97 Å². The standard InChI is InChI=1S/C14H14O2.Na/c1-10(14(15)16)9-12-7-4-6-11-5-2-3-8-13(11)12;/h2-8,10H,9H2,1H3,(H,15,16);/q;+1/p-1/t10-;/m1./s1. The van der Waals surface area contributed by atoms with Gasteiger partial charge in [0.05, 0.1) is 0 Å². The predicted molar refractivity (Wildman–Crippen MR) is 61.8 cm³/mol. The van der Waals surface area contributed by atoms with E-state index in [0.29, 0.717) is 6.42 Å². The maximum atomic E-state index is 10.7. The summed E-state index contributed by atoms with van der Waals surface area (Å²) < 4.78 is 0. The SMILES string of the molecule is C[C@H](Cc1cccc2ccccc12)C(=O)[O-].[Na+]. The zero-order chi connectivity index (χ0) is 11.5. The minimum absolute atomic E-state index is 0. The Labute approximate surface area is 123 Å². The van der Waals surface area contributed by atoms with Crippen molar-refractivity contribution in [2.24, 2.45) is 5.92 Å². The molecular formula is C14H13NaO2. The molecule has 0 aromatic heterocycles. The third kappa shape index (κ3) is 3.32. The normalized spacial score (nSPS) is 11.8. The monoisotopic (exact) mass is 236 g/mol. The van der Waals surface area contributed by atoms with Crippen LogP contribution in [0.2, 0.25) is 0 Å². The number of benzene rings is 2. The molecule has 1 atom stereocenters. The molecule has 2 aromatic rings. The topological polar surface area (TPSA) is 40.1 Å². The first-order chi connectivity index (χ1) is 7.68. The Hall–Kier alpha value is -0.830. The van der Waals surface area contributed by atoms with Crippen molar-refractivity contribution in [3.63, 3.8) is 0 Å². The summed E-state index contributed by atoms with van der Waals surface area (Å²) in [6, 6.07) is 14.0. The van der Waals surface area contributed by atoms with Crippen LogP contribution in [0.1, 0.15) is 12.5 Å². The van der Waals surface area contributed by atoms with E-state index < -0.39 is 11.9 Å². The Morgan fingerprint density at radius 3 is 2.53 bits per heavy atom. The van der Waals surface area contributed by atoms with Crippen molar-refractivity contribution in [2.45, 2.75) is 13.3 Å². The second kappa shape index (κ2) is 6.20. The molecular weight excluding hydrogens is 223 g/mol. The number of carbonyl (C=O) groups excluding carboxylic acids is 1. The Kier molecular flexibility index (Phi) is 5.19. The van der Waals surface area contributed by atoms with Crippen LogP contribution >= 0.6 is 0 Å². The summed E-state index contributed by atoms with van der Waals surface area (Å²) in [4.78, 5) is 10.7. The van der Waals surface area contributed by atoms with Gasteiger partial charge in [-0.2, -0.15) is 0 Å². The van der Waals surface area contributed by atoms with Gasteiger partial charge in [-0.15, -0.1) is 0 Å². The van der Waals surface area contributed by atoms with Crippen LogP contribution in [0.25, 0.3) is 10.8 Å². The molecule has 0 fully saturated rings. The van der Waals surface area contributed by atoms with Crippen molar-refractivity contribution >= 4 is 16.7 Å². The quantitative estimate of drug-likeness (QED) is 0.626. The third-order valence-corrected chi connectivity index (χ3v) is 2.81. The van der Waals surface area contributed by atoms with Crippen LogP contribution in [-0.2, 0) is 11.2 Å². The average molecular weight is 236 g/mol. The summed E-state index contributed by atoms with van der Waals surface area (Å²) in [5, 5.41) is 13.0. The molecule has 17 heavy (non-hydrogen) atoms. The minimum Gasteiger partial charge on any atom is -0.550 e. The van der Waals surface area contributed by atoms with E-state index in [-0.39, 0.29) is 29.6 Å². The molecule has 82 valence electrons. The van der Waals surface area contributed by atoms with Crippen molar-refractivity contribution in [2.75, 3.05) is 0 Å². The molecule has 0 amide bonds. The van der Waals surface area contributed by atoms with Gasteiger partial charge in [0, 0.05) is 5.97 Å². The van der Waals surface area contributed by atoms with Gasteiger partial charge in [0.25, 0.3) is 0 Å². The summed E-state index contributed by atoms with van der Waals surface area (Å²) in [6.07, 6.45) is 0.518. The van der Waals surface area contributed by atoms with Crippen LogP contribution in [0.3, 0.4) is 0 Å². The van der Waals surface area contributed by atoms with E-state index in [0.717, 1.165) is 16.3 Å². The molecule has 0 aliphatic heterocycles. The zero-order valence-corrected chi connectivity index (χ0v) is 12.1. The van der Waals surface area contributed by atoms with Crippen LogP contribution < -0.4 is 34.7 Å². The van der Waals surface area contributed by atoms with E-state index in [9.17, 15) is 9.90 Å². The van der Waals surface area contributed by atoms with Gasteiger partial charge in [0.2, 0.25) is 0 Å². The summed E-state index contributed by atoms with van der Waals surface area (Å²) in [5.41, 5.74) is 1.06. The second-order valence-electron chi connectivity index (χ2n) is 4.06. The van der Waals surface area contributed by atoms with Crippen molar-refractivity contribution in [1.29, 1.82) is 0 Å². The fraction of sp³-hybridized carbons (Fsp3) is 0.214. The molecule has 0 saturated heterocycles. The maximum Gasteiger partial charge on any atom is 1.00 e. The summed E-state index contributed by atoms with van der Waals surface area (Å²) in [6.45, 7) is 1.68. The van der Waals surface area contributed by atoms with Gasteiger partial charge in [-0.25, -0.2) is 0 Å². The first-order valence-electron chi connectivity index (χ1n) is 5.36. The third-order valence-electron chi connectivity index (χ3n) is 2.81. The molecule has 0 heterocycles. The van der Waals surface area contributed by atoms with Crippen LogP contribution in [0.5, 0.6) is 0 Å². The molecule has 0 N–H and O–H groups in total. The largest absolute Gasteiger partial charge is 1.00 e. The summed E-state index contributed by atoms with van der Waals surface area (Å²) in [5.74, 6) is -1.45. The minimum atomic E-state index is -0.993. The summed E-state index contributed by atoms with van der Waals surface area (Å²) in [7, 11) is 0. The van der Waals surface area contributed by atoms with E-state index in [2.05, 4.69) is 0 Å². The van der Waals surface area contributed by atoms with Gasteiger partial charge in [-0.3, -0.25) is 0 Å². The average Bonchev–Trinajstić information content (AvgIpc) is 2.29. The van der Waals surface area contributed by atoms with Gasteiger partial charge in [-0.1, -0.05) is 49.4 Å². The van der Waals surface area contributed by atoms with Crippen LogP contribution in [0.15, 0.2) is 42.5 Å². The van der Waals surface area contributed by atoms with Crippen molar-refractivity contribution in [3.05, 3.63) is 48.0 Å². The van der Waals surface area contributed by atoms with Crippen molar-refractivity contribution in [3.8, 4) is 0 Å². The van der Waals surface area contributed by atoms with E-state index in [1.807, 2.05) is 42.5 Å². The number of carbonyl (C=O) groups is 1. The number of rotatable bonds is 3. The van der Waals surface area contributed by atoms with Gasteiger partial charge < -0.3 is 9.90 Å². The van der Waals surface area contributed by atoms with Gasteiger partial charge in [0.1, 0.15) is 0 Å². The molecule has 0 spiro atoms. The van der Waals surface area contributed by atoms with Gasteiger partial charge in [0.15, 0.2) is 0 Å². The molecule has 0 aliphatic carbocycles. The Morgan fingerprint density at radius 2 is 1.82 bits per heavy atom. The van der Waals surface area contributed by atoms with Gasteiger partial charge >= 0.3 is 29.6 Å². The predicted octanol–water partition coefficient (Wildman–Crippen LogP) is -1.23. The maximum absolute atomic E-state index is 10.7. The van der Waals surface area contributed by atoms with Crippen molar-refractivity contribution < 1.29 is 39.5 Å². The van der Waals surface area contributed by atoms with E-state index in [4.69, 9.17) is 0 Å². The number of carboxylic acids is 1. The molecule has 0 radical (unpaired) electrons. The molecule has 3 heteroatoms. The smallest absolute Gasteiger partial charge is 0.550 e. The zero-order valence-electron chi connectivity index (χ0n) is 10.1. The fourth-order valence-electron chi connectivity index (χ4n) is 1.88. The van der Waals surface area contributed by atoms with E-state index in [1.165, 1.54) is 0 Å². The van der Waals surface area contributed by atoms with Crippen LogP contribution in [0.4, 0.5) is 0 Å². The Balaban J connectivity index is 0.00000144. The molecule has 2 aromatic carbocycles. The van der Waals surface area contributed by atoms with E-state index in [1.54, 1.807) is 6.92 Å². The number of aliphatic carboxylic acids is 1. The first kappa shape index (κ1) is 14.2. The van der Waals surface area contributed by atoms with Crippen LogP contribution in [0, 0.1) is 5.92 Å². The summed E-state index contributed by atoms with van der Waals surface area (Å²) >= 11 is 0. The molecule has 0 aliphatic rings. The number of carboxylic acid groups (broad SMARTS) is 1. The molecule has 0 saturated carbocycles. The molecule has 0 bridgehead atoms. The number of hydrogen-bond donors (Lipinski definition) is 0. The van der Waals surface area contributed by atoms with E-state index >= 15 is 0 Å². The molecule has 0 unspecified atom stereocenters. The molecule has 2 rings (SSSR count).